The van der Waals surface area contributed by atoms with Crippen LogP contribution < -0.4 is 10.1 Å². The molecule has 0 amide bonds. The van der Waals surface area contributed by atoms with E-state index < -0.39 is 0 Å². The van der Waals surface area contributed by atoms with Crippen LogP contribution in [-0.2, 0) is 0 Å². The molecule has 0 radical (unpaired) electrons. The summed E-state index contributed by atoms with van der Waals surface area (Å²) in [5.74, 6) is 1.94. The predicted molar refractivity (Wildman–Crippen MR) is 91.1 cm³/mol. The van der Waals surface area contributed by atoms with Gasteiger partial charge in [0.2, 0.25) is 0 Å². The second-order valence-electron chi connectivity index (χ2n) is 6.38. The van der Waals surface area contributed by atoms with Gasteiger partial charge < -0.3 is 10.1 Å². The van der Waals surface area contributed by atoms with Crippen LogP contribution in [0.3, 0.4) is 0 Å². The quantitative estimate of drug-likeness (QED) is 0.656. The monoisotopic (exact) mass is 289 g/mol. The number of ether oxygens (including phenoxy) is 1. The lowest BCUT2D eigenvalue weighted by Crippen LogP contribution is -2.18. The molecule has 1 aromatic rings. The fourth-order valence-electron chi connectivity index (χ4n) is 3.32. The van der Waals surface area contributed by atoms with Crippen LogP contribution in [0, 0.1) is 5.92 Å². The molecule has 1 N–H and O–H groups in total. The van der Waals surface area contributed by atoms with Crippen molar-refractivity contribution in [3.63, 3.8) is 0 Å². The van der Waals surface area contributed by atoms with Crippen molar-refractivity contribution in [1.82, 2.24) is 0 Å². The van der Waals surface area contributed by atoms with Gasteiger partial charge in [0.15, 0.2) is 0 Å². The van der Waals surface area contributed by atoms with Crippen LogP contribution in [0.15, 0.2) is 24.3 Å². The van der Waals surface area contributed by atoms with Gasteiger partial charge in [0.25, 0.3) is 0 Å². The summed E-state index contributed by atoms with van der Waals surface area (Å²) in [4.78, 5) is 0. The topological polar surface area (TPSA) is 21.3 Å². The van der Waals surface area contributed by atoms with Crippen molar-refractivity contribution in [2.45, 2.75) is 71.3 Å². The Morgan fingerprint density at radius 2 is 1.81 bits per heavy atom. The molecule has 2 heteroatoms. The van der Waals surface area contributed by atoms with Crippen molar-refractivity contribution in [3.8, 4) is 5.75 Å². The molecule has 0 spiro atoms. The molecule has 0 aromatic heterocycles. The first-order valence-corrected chi connectivity index (χ1v) is 8.81. The van der Waals surface area contributed by atoms with Gasteiger partial charge in [-0.3, -0.25) is 0 Å². The number of anilines is 1. The highest BCUT2D eigenvalue weighted by Gasteiger charge is 2.18. The standard InChI is InChI=1S/C19H31NO/c1-3-6-16-7-5-8-17(10-9-16)20-18-11-13-19(14-12-18)21-15-4-2/h11-14,16-17,20H,3-10,15H2,1-2H3. The SMILES string of the molecule is CCCOc1ccc(NC2CCCC(CCC)CC2)cc1. The minimum Gasteiger partial charge on any atom is -0.494 e. The molecule has 1 fully saturated rings. The highest BCUT2D eigenvalue weighted by molar-refractivity contribution is 5.47. The third-order valence-corrected chi connectivity index (χ3v) is 4.48. The van der Waals surface area contributed by atoms with Gasteiger partial charge >= 0.3 is 0 Å². The fraction of sp³-hybridized carbons (Fsp3) is 0.684. The highest BCUT2D eigenvalue weighted by Crippen LogP contribution is 2.28. The normalized spacial score (nSPS) is 22.6. The van der Waals surface area contributed by atoms with E-state index >= 15 is 0 Å². The molecule has 2 nitrogen and oxygen atoms in total. The summed E-state index contributed by atoms with van der Waals surface area (Å²) in [7, 11) is 0. The zero-order chi connectivity index (χ0) is 14.9. The van der Waals surface area contributed by atoms with E-state index in [1.807, 2.05) is 0 Å². The Morgan fingerprint density at radius 1 is 1.00 bits per heavy atom. The van der Waals surface area contributed by atoms with E-state index in [0.29, 0.717) is 6.04 Å². The lowest BCUT2D eigenvalue weighted by Gasteiger charge is -2.18. The van der Waals surface area contributed by atoms with Crippen LogP contribution in [-0.4, -0.2) is 12.6 Å². The second kappa shape index (κ2) is 8.96. The first-order valence-electron chi connectivity index (χ1n) is 8.81. The number of rotatable bonds is 7. The van der Waals surface area contributed by atoms with Crippen molar-refractivity contribution < 1.29 is 4.74 Å². The van der Waals surface area contributed by atoms with E-state index in [-0.39, 0.29) is 0 Å². The van der Waals surface area contributed by atoms with E-state index in [0.717, 1.165) is 24.7 Å². The largest absolute Gasteiger partial charge is 0.494 e. The number of hydrogen-bond donors (Lipinski definition) is 1. The van der Waals surface area contributed by atoms with Crippen molar-refractivity contribution in [1.29, 1.82) is 0 Å². The van der Waals surface area contributed by atoms with Crippen molar-refractivity contribution in [3.05, 3.63) is 24.3 Å². The van der Waals surface area contributed by atoms with E-state index in [1.165, 1.54) is 50.6 Å². The zero-order valence-electron chi connectivity index (χ0n) is 13.7. The van der Waals surface area contributed by atoms with Crippen molar-refractivity contribution >= 4 is 5.69 Å². The fourth-order valence-corrected chi connectivity index (χ4v) is 3.32. The lowest BCUT2D eigenvalue weighted by molar-refractivity contribution is 0.317. The van der Waals surface area contributed by atoms with E-state index in [4.69, 9.17) is 4.74 Å². The lowest BCUT2D eigenvalue weighted by atomic mass is 9.95. The average Bonchev–Trinajstić information content (AvgIpc) is 2.73. The summed E-state index contributed by atoms with van der Waals surface area (Å²) in [5.41, 5.74) is 1.23. The molecule has 1 saturated carbocycles. The number of benzene rings is 1. The Hall–Kier alpha value is -1.18. The molecule has 0 aliphatic heterocycles. The molecule has 1 aliphatic rings. The molecule has 118 valence electrons. The smallest absolute Gasteiger partial charge is 0.119 e. The molecular weight excluding hydrogens is 258 g/mol. The Morgan fingerprint density at radius 3 is 2.52 bits per heavy atom. The molecule has 2 unspecified atom stereocenters. The summed E-state index contributed by atoms with van der Waals surface area (Å²) in [6.07, 6.45) is 10.6. The third kappa shape index (κ3) is 5.61. The Balaban J connectivity index is 1.81. The average molecular weight is 289 g/mol. The highest BCUT2D eigenvalue weighted by atomic mass is 16.5. The van der Waals surface area contributed by atoms with Crippen LogP contribution >= 0.6 is 0 Å². The first kappa shape index (κ1) is 16.2. The van der Waals surface area contributed by atoms with Crippen LogP contribution in [0.25, 0.3) is 0 Å². The molecule has 1 aliphatic carbocycles. The summed E-state index contributed by atoms with van der Waals surface area (Å²) in [6.45, 7) is 5.24. The number of hydrogen-bond acceptors (Lipinski definition) is 2. The van der Waals surface area contributed by atoms with Crippen LogP contribution in [0.4, 0.5) is 5.69 Å². The number of nitrogens with one attached hydrogen (secondary N) is 1. The van der Waals surface area contributed by atoms with Gasteiger partial charge in [-0.2, -0.15) is 0 Å². The van der Waals surface area contributed by atoms with Gasteiger partial charge in [-0.1, -0.05) is 39.5 Å². The maximum Gasteiger partial charge on any atom is 0.119 e. The molecular formula is C19H31NO. The van der Waals surface area contributed by atoms with E-state index in [9.17, 15) is 0 Å². The molecule has 21 heavy (non-hydrogen) atoms. The molecule has 0 bridgehead atoms. The maximum atomic E-state index is 5.63. The molecule has 1 aromatic carbocycles. The van der Waals surface area contributed by atoms with Gasteiger partial charge in [-0.15, -0.1) is 0 Å². The van der Waals surface area contributed by atoms with Gasteiger partial charge in [0.05, 0.1) is 6.61 Å². The summed E-state index contributed by atoms with van der Waals surface area (Å²) < 4.78 is 5.63. The van der Waals surface area contributed by atoms with Crippen LogP contribution in [0.5, 0.6) is 5.75 Å². The van der Waals surface area contributed by atoms with Crippen LogP contribution in [0.2, 0.25) is 0 Å². The minimum atomic E-state index is 0.647. The third-order valence-electron chi connectivity index (χ3n) is 4.48. The summed E-state index contributed by atoms with van der Waals surface area (Å²) in [5, 5.41) is 3.71. The second-order valence-corrected chi connectivity index (χ2v) is 6.38. The van der Waals surface area contributed by atoms with Gasteiger partial charge in [0, 0.05) is 11.7 Å². The molecule has 0 saturated heterocycles. The Kier molecular flexibility index (Phi) is 6.91. The molecule has 2 rings (SSSR count). The predicted octanol–water partition coefficient (Wildman–Crippen LogP) is 5.64. The summed E-state index contributed by atoms with van der Waals surface area (Å²) in [6, 6.07) is 9.11. The van der Waals surface area contributed by atoms with Crippen LogP contribution in [0.1, 0.15) is 65.2 Å². The molecule has 0 heterocycles. The van der Waals surface area contributed by atoms with Gasteiger partial charge in [-0.25, -0.2) is 0 Å². The summed E-state index contributed by atoms with van der Waals surface area (Å²) >= 11 is 0. The molecule has 2 atom stereocenters. The Bertz CT molecular complexity index is 387. The zero-order valence-corrected chi connectivity index (χ0v) is 13.7. The van der Waals surface area contributed by atoms with Crippen molar-refractivity contribution in [2.75, 3.05) is 11.9 Å². The van der Waals surface area contributed by atoms with Crippen molar-refractivity contribution in [2.24, 2.45) is 5.92 Å². The van der Waals surface area contributed by atoms with Gasteiger partial charge in [-0.05, 0) is 55.9 Å². The minimum absolute atomic E-state index is 0.647. The maximum absolute atomic E-state index is 5.63. The van der Waals surface area contributed by atoms with Gasteiger partial charge in [0.1, 0.15) is 5.75 Å². The first-order chi connectivity index (χ1) is 10.3. The van der Waals surface area contributed by atoms with E-state index in [2.05, 4.69) is 43.4 Å². The Labute approximate surface area is 130 Å². The van der Waals surface area contributed by atoms with E-state index in [1.54, 1.807) is 0 Å².